The molecule has 0 saturated carbocycles. The van der Waals surface area contributed by atoms with Crippen LogP contribution in [0.5, 0.6) is 0 Å². The Labute approximate surface area is 121 Å². The zero-order valence-corrected chi connectivity index (χ0v) is 11.7. The minimum Gasteiger partial charge on any atom is -0.272 e. The second-order valence-corrected chi connectivity index (χ2v) is 5.93. The number of benzene rings is 2. The lowest BCUT2D eigenvalue weighted by Crippen LogP contribution is -2.11. The van der Waals surface area contributed by atoms with Crippen molar-refractivity contribution in [2.24, 2.45) is 5.14 Å². The van der Waals surface area contributed by atoms with E-state index in [0.717, 1.165) is 11.3 Å². The molecule has 7 heteroatoms. The van der Waals surface area contributed by atoms with Gasteiger partial charge in [-0.3, -0.25) is 4.57 Å². The van der Waals surface area contributed by atoms with E-state index in [0.29, 0.717) is 5.82 Å². The quantitative estimate of drug-likeness (QED) is 0.791. The first kappa shape index (κ1) is 13.5. The van der Waals surface area contributed by atoms with E-state index in [9.17, 15) is 8.42 Å². The Bertz CT molecular complexity index is 856. The fourth-order valence-electron chi connectivity index (χ4n) is 1.94. The summed E-state index contributed by atoms with van der Waals surface area (Å²) in [6, 6.07) is 15.7. The van der Waals surface area contributed by atoms with Crippen molar-refractivity contribution in [1.29, 1.82) is 0 Å². The van der Waals surface area contributed by atoms with Gasteiger partial charge in [0.1, 0.15) is 0 Å². The van der Waals surface area contributed by atoms with Crippen LogP contribution in [-0.2, 0) is 10.0 Å². The second kappa shape index (κ2) is 5.12. The van der Waals surface area contributed by atoms with Crippen molar-refractivity contribution in [2.75, 3.05) is 0 Å². The molecule has 2 N–H and O–H groups in total. The lowest BCUT2D eigenvalue weighted by Gasteiger charge is -2.06. The van der Waals surface area contributed by atoms with Gasteiger partial charge in [-0.2, -0.15) is 0 Å². The van der Waals surface area contributed by atoms with Gasteiger partial charge in [0.05, 0.1) is 4.90 Å². The number of nitrogens with two attached hydrogens (primary N) is 1. The molecule has 3 aromatic rings. The number of primary sulfonamides is 1. The van der Waals surface area contributed by atoms with Crippen LogP contribution in [0.2, 0.25) is 0 Å². The minimum atomic E-state index is -3.70. The average molecular weight is 299 g/mol. The largest absolute Gasteiger partial charge is 0.272 e. The zero-order valence-electron chi connectivity index (χ0n) is 10.8. The summed E-state index contributed by atoms with van der Waals surface area (Å²) in [7, 11) is -3.70. The molecule has 6 nitrogen and oxygen atoms in total. The van der Waals surface area contributed by atoms with Crippen molar-refractivity contribution in [3.63, 3.8) is 0 Å². The summed E-state index contributed by atoms with van der Waals surface area (Å²) in [5.74, 6) is 0.571. The summed E-state index contributed by atoms with van der Waals surface area (Å²) in [5.41, 5.74) is 1.59. The highest BCUT2D eigenvalue weighted by Gasteiger charge is 2.12. The Kier molecular flexibility index (Phi) is 3.28. The Morgan fingerprint density at radius 2 is 1.67 bits per heavy atom. The van der Waals surface area contributed by atoms with Crippen molar-refractivity contribution < 1.29 is 8.42 Å². The van der Waals surface area contributed by atoms with Gasteiger partial charge in [0, 0.05) is 11.3 Å². The zero-order chi connectivity index (χ0) is 14.9. The van der Waals surface area contributed by atoms with Gasteiger partial charge in [-0.15, -0.1) is 10.2 Å². The van der Waals surface area contributed by atoms with Gasteiger partial charge in [0.25, 0.3) is 0 Å². The maximum atomic E-state index is 11.3. The maximum absolute atomic E-state index is 11.3. The van der Waals surface area contributed by atoms with Crippen LogP contribution >= 0.6 is 0 Å². The first-order valence-electron chi connectivity index (χ1n) is 6.07. The van der Waals surface area contributed by atoms with Crippen molar-refractivity contribution in [1.82, 2.24) is 14.8 Å². The highest BCUT2D eigenvalue weighted by molar-refractivity contribution is 7.89. The van der Waals surface area contributed by atoms with Crippen molar-refractivity contribution in [3.8, 4) is 17.1 Å². The van der Waals surface area contributed by atoms with Gasteiger partial charge in [0.2, 0.25) is 16.4 Å². The van der Waals surface area contributed by atoms with Gasteiger partial charge in [-0.1, -0.05) is 18.2 Å². The molecule has 0 unspecified atom stereocenters. The molecule has 105 valence electrons. The molecule has 3 rings (SSSR count). The third kappa shape index (κ3) is 2.69. The summed E-state index contributed by atoms with van der Waals surface area (Å²) in [4.78, 5) is 0.0565. The number of para-hydroxylation sites is 1. The van der Waals surface area contributed by atoms with Crippen molar-refractivity contribution in [2.45, 2.75) is 4.90 Å². The van der Waals surface area contributed by atoms with Crippen LogP contribution in [0, 0.1) is 6.33 Å². The van der Waals surface area contributed by atoms with E-state index in [-0.39, 0.29) is 4.90 Å². The summed E-state index contributed by atoms with van der Waals surface area (Å²) in [6.45, 7) is 0. The van der Waals surface area contributed by atoms with E-state index in [1.165, 1.54) is 12.1 Å². The Hall–Kier alpha value is -2.51. The average Bonchev–Trinajstić information content (AvgIpc) is 2.97. The number of nitrogens with zero attached hydrogens (tertiary/aromatic N) is 3. The Morgan fingerprint density at radius 1 is 1.00 bits per heavy atom. The fraction of sp³-hybridized carbons (Fsp3) is 0. The van der Waals surface area contributed by atoms with Gasteiger partial charge in [-0.25, -0.2) is 13.6 Å². The van der Waals surface area contributed by atoms with E-state index in [1.807, 2.05) is 30.3 Å². The highest BCUT2D eigenvalue weighted by atomic mass is 32.2. The summed E-state index contributed by atoms with van der Waals surface area (Å²) >= 11 is 0. The van der Waals surface area contributed by atoms with Crippen molar-refractivity contribution >= 4 is 10.0 Å². The summed E-state index contributed by atoms with van der Waals surface area (Å²) < 4.78 is 24.2. The monoisotopic (exact) mass is 299 g/mol. The summed E-state index contributed by atoms with van der Waals surface area (Å²) in [5, 5.41) is 12.9. The van der Waals surface area contributed by atoms with Crippen LogP contribution < -0.4 is 5.14 Å². The van der Waals surface area contributed by atoms with Crippen LogP contribution in [-0.4, -0.2) is 23.2 Å². The molecule has 0 fully saturated rings. The van der Waals surface area contributed by atoms with Crippen molar-refractivity contribution in [3.05, 3.63) is 60.9 Å². The Balaban J connectivity index is 2.05. The first-order valence-corrected chi connectivity index (χ1v) is 7.62. The maximum Gasteiger partial charge on any atom is 0.238 e. The smallest absolute Gasteiger partial charge is 0.238 e. The standard InChI is InChI=1S/C14H11N4O2S/c15-21(19,20)13-8-6-11(7-9-13)14-17-16-10-18(14)12-4-2-1-3-5-12/h1-9H,(H2,15,19,20). The molecule has 0 saturated heterocycles. The predicted molar refractivity (Wildman–Crippen MR) is 77.0 cm³/mol. The molecular formula is C14H11N4O2S. The van der Waals surface area contributed by atoms with Gasteiger partial charge in [-0.05, 0) is 36.4 Å². The normalized spacial score (nSPS) is 11.5. The fourth-order valence-corrected chi connectivity index (χ4v) is 2.46. The number of rotatable bonds is 3. The third-order valence-corrected chi connectivity index (χ3v) is 3.89. The van der Waals surface area contributed by atoms with E-state index >= 15 is 0 Å². The lowest BCUT2D eigenvalue weighted by atomic mass is 10.2. The molecule has 0 amide bonds. The topological polar surface area (TPSA) is 90.9 Å². The summed E-state index contributed by atoms with van der Waals surface area (Å²) in [6.07, 6.45) is 2.78. The van der Waals surface area contributed by atoms with E-state index in [4.69, 9.17) is 5.14 Å². The minimum absolute atomic E-state index is 0.0565. The number of hydrogen-bond acceptors (Lipinski definition) is 4. The van der Waals surface area contributed by atoms with Crippen LogP contribution in [0.15, 0.2) is 59.5 Å². The predicted octanol–water partition coefficient (Wildman–Crippen LogP) is 1.38. The molecular weight excluding hydrogens is 288 g/mol. The van der Waals surface area contributed by atoms with Crippen LogP contribution in [0.3, 0.4) is 0 Å². The van der Waals surface area contributed by atoms with Gasteiger partial charge < -0.3 is 0 Å². The molecule has 2 aromatic carbocycles. The molecule has 0 aliphatic rings. The molecule has 0 atom stereocenters. The number of sulfonamides is 1. The SMILES string of the molecule is NS(=O)(=O)c1ccc(-c2nn[c]n2-c2ccccc2)cc1. The first-order chi connectivity index (χ1) is 10.1. The van der Waals surface area contributed by atoms with Crippen LogP contribution in [0.25, 0.3) is 17.1 Å². The van der Waals surface area contributed by atoms with E-state index in [1.54, 1.807) is 16.7 Å². The molecule has 0 aliphatic carbocycles. The molecule has 1 aromatic heterocycles. The molecule has 0 bridgehead atoms. The third-order valence-electron chi connectivity index (χ3n) is 2.96. The number of aromatic nitrogens is 3. The molecule has 0 spiro atoms. The second-order valence-electron chi connectivity index (χ2n) is 4.36. The molecule has 1 heterocycles. The lowest BCUT2D eigenvalue weighted by molar-refractivity contribution is 0.598. The van der Waals surface area contributed by atoms with Crippen LogP contribution in [0.1, 0.15) is 0 Å². The molecule has 21 heavy (non-hydrogen) atoms. The molecule has 1 radical (unpaired) electrons. The van der Waals surface area contributed by atoms with E-state index < -0.39 is 10.0 Å². The number of hydrogen-bond donors (Lipinski definition) is 1. The highest BCUT2D eigenvalue weighted by Crippen LogP contribution is 2.21. The van der Waals surface area contributed by atoms with E-state index in [2.05, 4.69) is 16.5 Å². The van der Waals surface area contributed by atoms with Crippen LogP contribution in [0.4, 0.5) is 0 Å². The van der Waals surface area contributed by atoms with Gasteiger partial charge in [0.15, 0.2) is 5.82 Å². The Morgan fingerprint density at radius 3 is 2.29 bits per heavy atom. The van der Waals surface area contributed by atoms with Gasteiger partial charge >= 0.3 is 0 Å². The molecule has 0 aliphatic heterocycles.